The van der Waals surface area contributed by atoms with Gasteiger partial charge in [0.05, 0.1) is 11.0 Å². The highest BCUT2D eigenvalue weighted by Crippen LogP contribution is 2.36. The zero-order valence-corrected chi connectivity index (χ0v) is 14.2. The molecular formula is C18H18BrNO2. The Hall–Kier alpha value is -1.94. The van der Waals surface area contributed by atoms with Gasteiger partial charge in [0.15, 0.2) is 12.8 Å². The molecule has 3 nitrogen and oxygen atoms in total. The molecule has 1 aliphatic rings. The largest absolute Gasteiger partial charge is 1.00 e. The Kier molecular flexibility index (Phi) is 4.52. The second-order valence-electron chi connectivity index (χ2n) is 6.00. The van der Waals surface area contributed by atoms with Crippen molar-refractivity contribution in [2.45, 2.75) is 25.8 Å². The summed E-state index contributed by atoms with van der Waals surface area (Å²) < 4.78 is 2.24. The molecule has 0 radical (unpaired) electrons. The highest BCUT2D eigenvalue weighted by Gasteiger charge is 2.36. The Bertz CT molecular complexity index is 733. The Labute approximate surface area is 140 Å². The first-order chi connectivity index (χ1) is 9.97. The van der Waals surface area contributed by atoms with Crippen molar-refractivity contribution in [1.82, 2.24) is 0 Å². The van der Waals surface area contributed by atoms with E-state index in [2.05, 4.69) is 48.9 Å². The van der Waals surface area contributed by atoms with Gasteiger partial charge in [-0.2, -0.15) is 4.58 Å². The summed E-state index contributed by atoms with van der Waals surface area (Å²) in [5.41, 5.74) is 4.00. The van der Waals surface area contributed by atoms with Gasteiger partial charge in [-0.3, -0.25) is 0 Å². The Morgan fingerprint density at radius 1 is 1.09 bits per heavy atom. The lowest BCUT2D eigenvalue weighted by Gasteiger charge is -2.09. The maximum absolute atomic E-state index is 10.9. The van der Waals surface area contributed by atoms with Gasteiger partial charge in [0, 0.05) is 17.2 Å². The van der Waals surface area contributed by atoms with E-state index < -0.39 is 5.97 Å². The molecule has 0 saturated carbocycles. The smallest absolute Gasteiger partial charge is 0.335 e. The van der Waals surface area contributed by atoms with Gasteiger partial charge in [-0.15, -0.1) is 0 Å². The van der Waals surface area contributed by atoms with Crippen molar-refractivity contribution in [2.75, 3.05) is 0 Å². The molecule has 114 valence electrons. The number of carboxylic acid groups (broad SMARTS) is 1. The number of para-hydroxylation sites is 1. The maximum atomic E-state index is 10.9. The van der Waals surface area contributed by atoms with Crippen LogP contribution >= 0.6 is 0 Å². The summed E-state index contributed by atoms with van der Waals surface area (Å²) in [4.78, 5) is 10.9. The van der Waals surface area contributed by atoms with Crippen molar-refractivity contribution in [2.24, 2.45) is 0 Å². The third kappa shape index (κ3) is 2.97. The minimum atomic E-state index is -0.888. The van der Waals surface area contributed by atoms with E-state index in [1.54, 1.807) is 12.1 Å². The fourth-order valence-corrected chi connectivity index (χ4v) is 2.88. The first kappa shape index (κ1) is 16.4. The van der Waals surface area contributed by atoms with Gasteiger partial charge in [0.25, 0.3) is 0 Å². The third-order valence-corrected chi connectivity index (χ3v) is 3.94. The van der Waals surface area contributed by atoms with Crippen LogP contribution in [-0.4, -0.2) is 21.9 Å². The molecule has 0 bridgehead atoms. The first-order valence-corrected chi connectivity index (χ1v) is 7.02. The van der Waals surface area contributed by atoms with E-state index in [4.69, 9.17) is 5.11 Å². The molecule has 0 saturated heterocycles. The van der Waals surface area contributed by atoms with Gasteiger partial charge in [-0.05, 0) is 26.0 Å². The van der Waals surface area contributed by atoms with E-state index in [1.165, 1.54) is 11.3 Å². The second-order valence-corrected chi connectivity index (χ2v) is 6.00. The average molecular weight is 360 g/mol. The van der Waals surface area contributed by atoms with Crippen molar-refractivity contribution in [1.29, 1.82) is 0 Å². The predicted octanol–water partition coefficient (Wildman–Crippen LogP) is 0.595. The van der Waals surface area contributed by atoms with Gasteiger partial charge >= 0.3 is 5.97 Å². The molecule has 0 unspecified atom stereocenters. The summed E-state index contributed by atoms with van der Waals surface area (Å²) in [5, 5.41) is 8.94. The molecule has 0 amide bonds. The number of benzene rings is 2. The molecule has 2 aromatic carbocycles. The molecule has 1 heterocycles. The number of aromatic carboxylic acids is 1. The molecule has 1 aliphatic heterocycles. The van der Waals surface area contributed by atoms with Crippen molar-refractivity contribution in [3.8, 4) is 0 Å². The lowest BCUT2D eigenvalue weighted by Crippen LogP contribution is -3.00. The molecule has 0 atom stereocenters. The van der Waals surface area contributed by atoms with Crippen LogP contribution in [0, 0.1) is 0 Å². The van der Waals surface area contributed by atoms with Gasteiger partial charge in [-0.1, -0.05) is 30.3 Å². The van der Waals surface area contributed by atoms with Crippen LogP contribution in [-0.2, 0) is 12.0 Å². The number of rotatable bonds is 3. The van der Waals surface area contributed by atoms with E-state index in [9.17, 15) is 4.79 Å². The number of nitrogens with zero attached hydrogens (tertiary/aromatic N) is 1. The highest BCUT2D eigenvalue weighted by atomic mass is 79.9. The zero-order valence-electron chi connectivity index (χ0n) is 12.6. The molecule has 3 rings (SSSR count). The van der Waals surface area contributed by atoms with Crippen LogP contribution in [0.25, 0.3) is 0 Å². The Morgan fingerprint density at radius 3 is 2.36 bits per heavy atom. The van der Waals surface area contributed by atoms with E-state index in [-0.39, 0.29) is 22.4 Å². The van der Waals surface area contributed by atoms with Gasteiger partial charge in [0.2, 0.25) is 5.69 Å². The summed E-state index contributed by atoms with van der Waals surface area (Å²) in [7, 11) is 0. The zero-order chi connectivity index (χ0) is 15.0. The minimum Gasteiger partial charge on any atom is -1.00 e. The monoisotopic (exact) mass is 359 g/mol. The number of halogens is 1. The third-order valence-electron chi connectivity index (χ3n) is 3.94. The lowest BCUT2D eigenvalue weighted by atomic mass is 9.87. The fourth-order valence-electron chi connectivity index (χ4n) is 2.88. The average Bonchev–Trinajstić information content (AvgIpc) is 2.71. The number of carboxylic acids is 1. The topological polar surface area (TPSA) is 40.3 Å². The van der Waals surface area contributed by atoms with Crippen LogP contribution in [0.15, 0.2) is 48.5 Å². The van der Waals surface area contributed by atoms with E-state index >= 15 is 0 Å². The van der Waals surface area contributed by atoms with E-state index in [0.717, 1.165) is 12.1 Å². The van der Waals surface area contributed by atoms with Gasteiger partial charge in [-0.25, -0.2) is 4.79 Å². The van der Waals surface area contributed by atoms with Crippen molar-refractivity contribution >= 4 is 17.9 Å². The van der Waals surface area contributed by atoms with Gasteiger partial charge < -0.3 is 22.1 Å². The minimum absolute atomic E-state index is 0. The van der Waals surface area contributed by atoms with Gasteiger partial charge in [0.1, 0.15) is 0 Å². The second kappa shape index (κ2) is 6.05. The predicted molar refractivity (Wildman–Crippen MR) is 82.6 cm³/mol. The van der Waals surface area contributed by atoms with Crippen LogP contribution in [0.3, 0.4) is 0 Å². The molecular weight excluding hydrogens is 342 g/mol. The summed E-state index contributed by atoms with van der Waals surface area (Å²) in [6, 6.07) is 15.5. The van der Waals surface area contributed by atoms with Crippen LogP contribution in [0.1, 0.15) is 35.3 Å². The van der Waals surface area contributed by atoms with Crippen LogP contribution < -0.4 is 17.0 Å². The first-order valence-electron chi connectivity index (χ1n) is 7.02. The molecule has 0 aliphatic carbocycles. The van der Waals surface area contributed by atoms with Crippen molar-refractivity contribution in [3.05, 3.63) is 65.2 Å². The Morgan fingerprint density at radius 2 is 1.73 bits per heavy atom. The van der Waals surface area contributed by atoms with Crippen LogP contribution in [0.4, 0.5) is 5.69 Å². The Balaban J connectivity index is 0.00000176. The summed E-state index contributed by atoms with van der Waals surface area (Å²) in [5.74, 6) is -0.888. The van der Waals surface area contributed by atoms with Crippen LogP contribution in [0.2, 0.25) is 0 Å². The van der Waals surface area contributed by atoms with Crippen molar-refractivity contribution < 1.29 is 31.5 Å². The summed E-state index contributed by atoms with van der Waals surface area (Å²) in [6.07, 6.45) is 2.24. The quantitative estimate of drug-likeness (QED) is 0.815. The normalized spacial score (nSPS) is 14.7. The number of fused-ring (bicyclic) bond motifs is 1. The lowest BCUT2D eigenvalue weighted by molar-refractivity contribution is -0.450. The molecule has 1 N–H and O–H groups in total. The van der Waals surface area contributed by atoms with Crippen molar-refractivity contribution in [3.63, 3.8) is 0 Å². The number of carbonyl (C=O) groups is 1. The van der Waals surface area contributed by atoms with E-state index in [0.29, 0.717) is 5.56 Å². The van der Waals surface area contributed by atoms with E-state index in [1.807, 2.05) is 12.1 Å². The molecule has 0 aromatic heterocycles. The molecule has 0 fully saturated rings. The summed E-state index contributed by atoms with van der Waals surface area (Å²) >= 11 is 0. The molecule has 4 heteroatoms. The number of hydrogen-bond donors (Lipinski definition) is 1. The fraction of sp³-hybridized carbons (Fsp3) is 0.222. The number of hydrogen-bond acceptors (Lipinski definition) is 1. The highest BCUT2D eigenvalue weighted by molar-refractivity contribution is 5.87. The molecule has 0 spiro atoms. The van der Waals surface area contributed by atoms with Crippen LogP contribution in [0.5, 0.6) is 0 Å². The molecule has 22 heavy (non-hydrogen) atoms. The maximum Gasteiger partial charge on any atom is 0.335 e. The standard InChI is InChI=1S/C18H17NO2.BrH/c1-18(2)12-19(16-6-4-3-5-15(16)18)11-13-7-9-14(10-8-13)17(20)21;/h3-10,12H,11H2,1-2H3;1H. The summed E-state index contributed by atoms with van der Waals surface area (Å²) in [6.45, 7) is 5.17. The SMILES string of the molecule is CC1(C)C=[N+](Cc2ccc(C(=O)O)cc2)c2ccccc21.[Br-]. The molecule has 2 aromatic rings.